The summed E-state index contributed by atoms with van der Waals surface area (Å²) in [6.07, 6.45) is 3.16. The molecule has 5 heteroatoms. The molecule has 0 fully saturated rings. The molecule has 20 heavy (non-hydrogen) atoms. The second-order valence-electron chi connectivity index (χ2n) is 4.60. The number of anilines is 1. The number of hydrogen-bond donors (Lipinski definition) is 1. The van der Waals surface area contributed by atoms with Gasteiger partial charge in [-0.2, -0.15) is 0 Å². The van der Waals surface area contributed by atoms with E-state index in [0.29, 0.717) is 11.4 Å². The third-order valence-corrected chi connectivity index (χ3v) is 3.12. The van der Waals surface area contributed by atoms with Crippen molar-refractivity contribution >= 4 is 11.7 Å². The molecule has 0 aliphatic heterocycles. The number of nitrogens with one attached hydrogen (secondary N) is 1. The van der Waals surface area contributed by atoms with Crippen LogP contribution in [0.25, 0.3) is 0 Å². The van der Waals surface area contributed by atoms with Crippen LogP contribution in [0, 0.1) is 6.92 Å². The molecule has 2 aromatic rings. The average molecular weight is 271 g/mol. The van der Waals surface area contributed by atoms with Crippen molar-refractivity contribution in [1.82, 2.24) is 9.97 Å². The molecule has 1 aromatic heterocycles. The summed E-state index contributed by atoms with van der Waals surface area (Å²) in [5, 5.41) is 3.19. The maximum atomic E-state index is 12.2. The van der Waals surface area contributed by atoms with Crippen LogP contribution in [0.2, 0.25) is 0 Å². The highest BCUT2D eigenvalue weighted by atomic mass is 16.5. The monoisotopic (exact) mass is 271 g/mol. The van der Waals surface area contributed by atoms with E-state index in [0.717, 1.165) is 5.69 Å². The fraction of sp³-hybridized carbons (Fsp3) is 0.267. The lowest BCUT2D eigenvalue weighted by atomic mass is 9.95. The standard InChI is InChI=1S/C15H17N3O2/c1-11-13(17-10-9-16-11)15(2,14(19)20-3)18-12-7-5-4-6-8-12/h4-10,18H,1-3H3. The Bertz CT molecular complexity index is 601. The molecule has 1 heterocycles. The van der Waals surface area contributed by atoms with Gasteiger partial charge in [0.1, 0.15) is 0 Å². The maximum Gasteiger partial charge on any atom is 0.337 e. The lowest BCUT2D eigenvalue weighted by molar-refractivity contribution is -0.145. The number of rotatable bonds is 4. The molecule has 1 atom stereocenters. The number of nitrogens with zero attached hydrogens (tertiary/aromatic N) is 2. The summed E-state index contributed by atoms with van der Waals surface area (Å²) in [5.41, 5.74) is 0.957. The number of para-hydroxylation sites is 1. The van der Waals surface area contributed by atoms with Gasteiger partial charge in [-0.3, -0.25) is 9.97 Å². The topological polar surface area (TPSA) is 64.1 Å². The van der Waals surface area contributed by atoms with Crippen molar-refractivity contribution in [3.8, 4) is 0 Å². The van der Waals surface area contributed by atoms with Crippen LogP contribution in [0.4, 0.5) is 5.69 Å². The Morgan fingerprint density at radius 2 is 1.85 bits per heavy atom. The molecule has 5 nitrogen and oxygen atoms in total. The molecule has 0 amide bonds. The predicted molar refractivity (Wildman–Crippen MR) is 76.2 cm³/mol. The predicted octanol–water partition coefficient (Wildman–Crippen LogP) is 2.29. The lowest BCUT2D eigenvalue weighted by Crippen LogP contribution is -2.43. The molecule has 0 spiro atoms. The Morgan fingerprint density at radius 1 is 1.20 bits per heavy atom. The first kappa shape index (κ1) is 14.0. The summed E-state index contributed by atoms with van der Waals surface area (Å²) in [4.78, 5) is 20.7. The zero-order valence-electron chi connectivity index (χ0n) is 11.8. The number of hydrogen-bond acceptors (Lipinski definition) is 5. The quantitative estimate of drug-likeness (QED) is 0.864. The Morgan fingerprint density at radius 3 is 2.45 bits per heavy atom. The van der Waals surface area contributed by atoms with Crippen molar-refractivity contribution in [2.45, 2.75) is 19.4 Å². The van der Waals surface area contributed by atoms with E-state index in [9.17, 15) is 4.79 Å². The Balaban J connectivity index is 2.46. The van der Waals surface area contributed by atoms with Crippen molar-refractivity contribution in [2.75, 3.05) is 12.4 Å². The first-order valence-corrected chi connectivity index (χ1v) is 6.27. The Hall–Kier alpha value is -2.43. The lowest BCUT2D eigenvalue weighted by Gasteiger charge is -2.29. The molecule has 0 aliphatic rings. The van der Waals surface area contributed by atoms with Crippen LogP contribution in [0.5, 0.6) is 0 Å². The molecular formula is C15H17N3O2. The largest absolute Gasteiger partial charge is 0.467 e. The van der Waals surface area contributed by atoms with Crippen LogP contribution in [-0.4, -0.2) is 23.0 Å². The molecule has 0 saturated heterocycles. The summed E-state index contributed by atoms with van der Waals surface area (Å²) in [7, 11) is 1.36. The van der Waals surface area contributed by atoms with Crippen LogP contribution in [0.1, 0.15) is 18.3 Å². The van der Waals surface area contributed by atoms with E-state index in [1.165, 1.54) is 7.11 Å². The van der Waals surface area contributed by atoms with E-state index in [1.807, 2.05) is 37.3 Å². The number of methoxy groups -OCH3 is 1. The SMILES string of the molecule is COC(=O)C(C)(Nc1ccccc1)c1nccnc1C. The molecule has 0 bridgehead atoms. The van der Waals surface area contributed by atoms with E-state index in [2.05, 4.69) is 15.3 Å². The number of aryl methyl sites for hydroxylation is 1. The number of aromatic nitrogens is 2. The number of esters is 1. The number of benzene rings is 1. The number of carbonyl (C=O) groups excluding carboxylic acids is 1. The van der Waals surface area contributed by atoms with Crippen LogP contribution in [0.3, 0.4) is 0 Å². The van der Waals surface area contributed by atoms with Gasteiger partial charge in [0.25, 0.3) is 0 Å². The van der Waals surface area contributed by atoms with Gasteiger partial charge < -0.3 is 10.1 Å². The summed E-state index contributed by atoms with van der Waals surface area (Å²) in [6, 6.07) is 9.46. The highest BCUT2D eigenvalue weighted by molar-refractivity contribution is 5.85. The molecule has 0 saturated carbocycles. The van der Waals surface area contributed by atoms with Gasteiger partial charge in [0, 0.05) is 18.1 Å². The van der Waals surface area contributed by atoms with Gasteiger partial charge in [-0.15, -0.1) is 0 Å². The molecule has 104 valence electrons. The van der Waals surface area contributed by atoms with Crippen molar-refractivity contribution in [3.63, 3.8) is 0 Å². The van der Waals surface area contributed by atoms with Crippen molar-refractivity contribution in [1.29, 1.82) is 0 Å². The van der Waals surface area contributed by atoms with Gasteiger partial charge in [-0.1, -0.05) is 18.2 Å². The van der Waals surface area contributed by atoms with Crippen LogP contribution >= 0.6 is 0 Å². The third-order valence-electron chi connectivity index (χ3n) is 3.12. The van der Waals surface area contributed by atoms with Gasteiger partial charge in [-0.25, -0.2) is 4.79 Å². The summed E-state index contributed by atoms with van der Waals surface area (Å²) in [5.74, 6) is -0.412. The van der Waals surface area contributed by atoms with E-state index < -0.39 is 11.5 Å². The summed E-state index contributed by atoms with van der Waals surface area (Å²) >= 11 is 0. The summed E-state index contributed by atoms with van der Waals surface area (Å²) < 4.78 is 4.93. The van der Waals surface area contributed by atoms with E-state index >= 15 is 0 Å². The molecular weight excluding hydrogens is 254 g/mol. The van der Waals surface area contributed by atoms with Gasteiger partial charge in [0.2, 0.25) is 0 Å². The zero-order chi connectivity index (χ0) is 14.6. The van der Waals surface area contributed by atoms with Crippen LogP contribution < -0.4 is 5.32 Å². The summed E-state index contributed by atoms with van der Waals surface area (Å²) in [6.45, 7) is 3.55. The van der Waals surface area contributed by atoms with E-state index in [4.69, 9.17) is 4.74 Å². The van der Waals surface area contributed by atoms with Crippen LogP contribution in [-0.2, 0) is 15.1 Å². The first-order valence-electron chi connectivity index (χ1n) is 6.27. The fourth-order valence-electron chi connectivity index (χ4n) is 2.12. The van der Waals surface area contributed by atoms with Crippen molar-refractivity contribution in [2.24, 2.45) is 0 Å². The van der Waals surface area contributed by atoms with Crippen molar-refractivity contribution in [3.05, 3.63) is 54.1 Å². The highest BCUT2D eigenvalue weighted by Crippen LogP contribution is 2.27. The second-order valence-corrected chi connectivity index (χ2v) is 4.60. The minimum atomic E-state index is -1.09. The van der Waals surface area contributed by atoms with E-state index in [1.54, 1.807) is 19.3 Å². The maximum absolute atomic E-state index is 12.2. The first-order chi connectivity index (χ1) is 9.58. The second kappa shape index (κ2) is 5.69. The minimum absolute atomic E-state index is 0.412. The number of carbonyl (C=O) groups is 1. The Labute approximate surface area is 118 Å². The molecule has 1 aromatic carbocycles. The molecule has 1 N–H and O–H groups in total. The third kappa shape index (κ3) is 2.61. The molecule has 2 rings (SSSR count). The molecule has 0 aliphatic carbocycles. The fourth-order valence-corrected chi connectivity index (χ4v) is 2.12. The van der Waals surface area contributed by atoms with Gasteiger partial charge in [0.05, 0.1) is 18.5 Å². The number of ether oxygens (including phenoxy) is 1. The van der Waals surface area contributed by atoms with Gasteiger partial charge >= 0.3 is 5.97 Å². The smallest absolute Gasteiger partial charge is 0.337 e. The Kier molecular flexibility index (Phi) is 3.98. The average Bonchev–Trinajstić information content (AvgIpc) is 2.47. The minimum Gasteiger partial charge on any atom is -0.467 e. The van der Waals surface area contributed by atoms with Gasteiger partial charge in [-0.05, 0) is 26.0 Å². The van der Waals surface area contributed by atoms with E-state index in [-0.39, 0.29) is 0 Å². The normalized spacial score (nSPS) is 13.3. The zero-order valence-corrected chi connectivity index (χ0v) is 11.8. The molecule has 1 unspecified atom stereocenters. The van der Waals surface area contributed by atoms with Crippen molar-refractivity contribution < 1.29 is 9.53 Å². The van der Waals surface area contributed by atoms with Gasteiger partial charge in [0.15, 0.2) is 5.54 Å². The van der Waals surface area contributed by atoms with Crippen LogP contribution in [0.15, 0.2) is 42.7 Å². The molecule has 0 radical (unpaired) electrons. The highest BCUT2D eigenvalue weighted by Gasteiger charge is 2.39.